The van der Waals surface area contributed by atoms with Gasteiger partial charge in [0.2, 0.25) is 5.95 Å². The van der Waals surface area contributed by atoms with Gasteiger partial charge in [-0.05, 0) is 63.9 Å². The second kappa shape index (κ2) is 8.93. The average Bonchev–Trinajstić information content (AvgIpc) is 2.82. The van der Waals surface area contributed by atoms with E-state index >= 15 is 0 Å². The molecule has 29 heavy (non-hydrogen) atoms. The highest BCUT2D eigenvalue weighted by Gasteiger charge is 2.23. The molecule has 4 rings (SSSR count). The number of hydrogen-bond acceptors (Lipinski definition) is 4. The molecule has 1 amide bonds. The van der Waals surface area contributed by atoms with E-state index in [4.69, 9.17) is 4.98 Å². The summed E-state index contributed by atoms with van der Waals surface area (Å²) in [5, 5.41) is 6.60. The summed E-state index contributed by atoms with van der Waals surface area (Å²) in [7, 11) is 0. The Labute approximate surface area is 177 Å². The van der Waals surface area contributed by atoms with Gasteiger partial charge in [0.05, 0.1) is 11.0 Å². The normalized spacial score (nSPS) is 16.9. The molecule has 1 fully saturated rings. The van der Waals surface area contributed by atoms with Crippen molar-refractivity contribution in [2.75, 3.05) is 18.4 Å². The summed E-state index contributed by atoms with van der Waals surface area (Å²) >= 11 is 0. The maximum atomic E-state index is 13.0. The standard InChI is InChI=1S/C22H27N5O.ClH/c1-14-7-6-9-19-20(14)27(18-8-4-5-10-23-13-18)22(25-19)26-21(28)17-11-15(2)24-16(3)12-17;/h6-7,9,11-12,18,23H,4-5,8,10,13H2,1-3H3,(H,25,26,28);1H. The van der Waals surface area contributed by atoms with Crippen LogP contribution in [-0.2, 0) is 0 Å². The Morgan fingerprint density at radius 2 is 1.90 bits per heavy atom. The largest absolute Gasteiger partial charge is 0.315 e. The van der Waals surface area contributed by atoms with E-state index in [0.717, 1.165) is 41.9 Å². The van der Waals surface area contributed by atoms with Crippen molar-refractivity contribution < 1.29 is 4.79 Å². The van der Waals surface area contributed by atoms with E-state index < -0.39 is 0 Å². The van der Waals surface area contributed by atoms with Crippen LogP contribution >= 0.6 is 12.4 Å². The molecule has 3 heterocycles. The number of halogens is 1. The van der Waals surface area contributed by atoms with Crippen molar-refractivity contribution in [3.05, 3.63) is 52.8 Å². The number of imidazole rings is 1. The van der Waals surface area contributed by atoms with Crippen molar-refractivity contribution in [3.63, 3.8) is 0 Å². The molecule has 0 saturated carbocycles. The minimum atomic E-state index is -0.149. The minimum Gasteiger partial charge on any atom is -0.315 e. The van der Waals surface area contributed by atoms with E-state index in [1.54, 1.807) is 0 Å². The Balaban J connectivity index is 0.00000240. The summed E-state index contributed by atoms with van der Waals surface area (Å²) < 4.78 is 2.22. The van der Waals surface area contributed by atoms with Crippen LogP contribution in [-0.4, -0.2) is 33.5 Å². The third kappa shape index (κ3) is 4.43. The number of para-hydroxylation sites is 1. The van der Waals surface area contributed by atoms with Crippen molar-refractivity contribution in [1.29, 1.82) is 0 Å². The molecule has 3 aromatic rings. The molecule has 0 radical (unpaired) electrons. The predicted octanol–water partition coefficient (Wildman–Crippen LogP) is 4.35. The summed E-state index contributed by atoms with van der Waals surface area (Å²) in [6.07, 6.45) is 3.42. The molecule has 6 nitrogen and oxygen atoms in total. The van der Waals surface area contributed by atoms with Gasteiger partial charge in [0.25, 0.3) is 5.91 Å². The number of benzene rings is 1. The summed E-state index contributed by atoms with van der Waals surface area (Å²) in [6.45, 7) is 7.83. The number of hydrogen-bond donors (Lipinski definition) is 2. The van der Waals surface area contributed by atoms with Crippen LogP contribution in [0.3, 0.4) is 0 Å². The molecule has 1 unspecified atom stereocenters. The second-order valence-electron chi connectivity index (χ2n) is 7.69. The number of aryl methyl sites for hydroxylation is 3. The Kier molecular flexibility index (Phi) is 6.55. The first-order valence-corrected chi connectivity index (χ1v) is 9.98. The van der Waals surface area contributed by atoms with Gasteiger partial charge < -0.3 is 9.88 Å². The molecule has 2 N–H and O–H groups in total. The number of rotatable bonds is 3. The van der Waals surface area contributed by atoms with Gasteiger partial charge in [0, 0.05) is 29.5 Å². The van der Waals surface area contributed by atoms with Crippen molar-refractivity contribution in [2.24, 2.45) is 0 Å². The number of carbonyl (C=O) groups is 1. The maximum absolute atomic E-state index is 13.0. The predicted molar refractivity (Wildman–Crippen MR) is 119 cm³/mol. The lowest BCUT2D eigenvalue weighted by atomic mass is 10.1. The number of amides is 1. The van der Waals surface area contributed by atoms with Crippen molar-refractivity contribution in [2.45, 2.75) is 46.1 Å². The second-order valence-corrected chi connectivity index (χ2v) is 7.69. The summed E-state index contributed by atoms with van der Waals surface area (Å²) in [5.74, 6) is 0.472. The fraction of sp³-hybridized carbons (Fsp3) is 0.409. The van der Waals surface area contributed by atoms with Crippen LogP contribution in [0.2, 0.25) is 0 Å². The van der Waals surface area contributed by atoms with E-state index in [-0.39, 0.29) is 24.4 Å². The fourth-order valence-electron chi connectivity index (χ4n) is 4.13. The van der Waals surface area contributed by atoms with E-state index in [1.807, 2.05) is 38.1 Å². The van der Waals surface area contributed by atoms with E-state index in [1.165, 1.54) is 18.4 Å². The summed E-state index contributed by atoms with van der Waals surface area (Å²) in [6, 6.07) is 10.0. The molecule has 0 spiro atoms. The molecule has 1 aliphatic rings. The van der Waals surface area contributed by atoms with Crippen LogP contribution in [0.15, 0.2) is 30.3 Å². The zero-order valence-corrected chi connectivity index (χ0v) is 18.0. The van der Waals surface area contributed by atoms with E-state index in [9.17, 15) is 4.79 Å². The number of nitrogens with one attached hydrogen (secondary N) is 2. The Morgan fingerprint density at radius 1 is 1.14 bits per heavy atom. The molecule has 7 heteroatoms. The van der Waals surface area contributed by atoms with Gasteiger partial charge in [-0.3, -0.25) is 15.1 Å². The van der Waals surface area contributed by atoms with Gasteiger partial charge in [-0.15, -0.1) is 12.4 Å². The van der Waals surface area contributed by atoms with Crippen LogP contribution < -0.4 is 10.6 Å². The number of fused-ring (bicyclic) bond motifs is 1. The lowest BCUT2D eigenvalue weighted by Gasteiger charge is -2.21. The zero-order chi connectivity index (χ0) is 19.7. The quantitative estimate of drug-likeness (QED) is 0.669. The van der Waals surface area contributed by atoms with Crippen LogP contribution in [0, 0.1) is 20.8 Å². The lowest BCUT2D eigenvalue weighted by Crippen LogP contribution is -2.25. The first kappa shape index (κ1) is 21.3. The first-order chi connectivity index (χ1) is 13.5. The topological polar surface area (TPSA) is 71.8 Å². The number of aromatic nitrogens is 3. The molecule has 1 atom stereocenters. The fourth-order valence-corrected chi connectivity index (χ4v) is 4.13. The third-order valence-electron chi connectivity index (χ3n) is 5.37. The Bertz CT molecular complexity index is 1000. The number of pyridine rings is 1. The minimum absolute atomic E-state index is 0. The van der Waals surface area contributed by atoms with Crippen LogP contribution in [0.5, 0.6) is 0 Å². The number of nitrogens with zero attached hydrogens (tertiary/aromatic N) is 3. The SMILES string of the molecule is Cc1cc(C(=O)Nc2nc3cccc(C)c3n2C2CCCCNC2)cc(C)n1.Cl. The molecule has 154 valence electrons. The average molecular weight is 414 g/mol. The molecular weight excluding hydrogens is 386 g/mol. The molecule has 0 aliphatic carbocycles. The molecule has 0 bridgehead atoms. The van der Waals surface area contributed by atoms with Gasteiger partial charge in [-0.2, -0.15) is 0 Å². The van der Waals surface area contributed by atoms with Gasteiger partial charge in [-0.1, -0.05) is 18.6 Å². The van der Waals surface area contributed by atoms with E-state index in [2.05, 4.69) is 33.2 Å². The third-order valence-corrected chi connectivity index (χ3v) is 5.37. The van der Waals surface area contributed by atoms with Gasteiger partial charge in [0.1, 0.15) is 0 Å². The van der Waals surface area contributed by atoms with Crippen LogP contribution in [0.4, 0.5) is 5.95 Å². The van der Waals surface area contributed by atoms with Gasteiger partial charge >= 0.3 is 0 Å². The van der Waals surface area contributed by atoms with Crippen molar-refractivity contribution in [3.8, 4) is 0 Å². The molecule has 1 aliphatic heterocycles. The first-order valence-electron chi connectivity index (χ1n) is 9.98. The highest BCUT2D eigenvalue weighted by atomic mass is 35.5. The van der Waals surface area contributed by atoms with Crippen LogP contribution in [0.25, 0.3) is 11.0 Å². The van der Waals surface area contributed by atoms with Crippen molar-refractivity contribution >= 4 is 35.3 Å². The molecule has 1 saturated heterocycles. The maximum Gasteiger partial charge on any atom is 0.258 e. The highest BCUT2D eigenvalue weighted by molar-refractivity contribution is 6.04. The molecular formula is C22H28ClN5O. The smallest absolute Gasteiger partial charge is 0.258 e. The van der Waals surface area contributed by atoms with Crippen LogP contribution in [0.1, 0.15) is 52.6 Å². The van der Waals surface area contributed by atoms with Gasteiger partial charge in [0.15, 0.2) is 0 Å². The summed E-state index contributed by atoms with van der Waals surface area (Å²) in [5.41, 5.74) is 5.48. The van der Waals surface area contributed by atoms with Crippen molar-refractivity contribution in [1.82, 2.24) is 19.9 Å². The van der Waals surface area contributed by atoms with Gasteiger partial charge in [-0.25, -0.2) is 4.98 Å². The molecule has 2 aromatic heterocycles. The number of carbonyl (C=O) groups excluding carboxylic acids is 1. The molecule has 1 aromatic carbocycles. The van der Waals surface area contributed by atoms with E-state index in [0.29, 0.717) is 11.5 Å². The summed E-state index contributed by atoms with van der Waals surface area (Å²) in [4.78, 5) is 22.1. The lowest BCUT2D eigenvalue weighted by molar-refractivity contribution is 0.102. The monoisotopic (exact) mass is 413 g/mol. The highest BCUT2D eigenvalue weighted by Crippen LogP contribution is 2.30. The Hall–Kier alpha value is -2.44. The number of anilines is 1. The zero-order valence-electron chi connectivity index (χ0n) is 17.2. The Morgan fingerprint density at radius 3 is 2.66 bits per heavy atom.